The summed E-state index contributed by atoms with van der Waals surface area (Å²) >= 11 is 5.94. The molecule has 0 spiro atoms. The van der Waals surface area contributed by atoms with Gasteiger partial charge in [0, 0.05) is 17.1 Å². The van der Waals surface area contributed by atoms with Crippen molar-refractivity contribution in [2.24, 2.45) is 0 Å². The molecule has 0 bridgehead atoms. The molecule has 1 heterocycles. The summed E-state index contributed by atoms with van der Waals surface area (Å²) in [4.78, 5) is 25.7. The minimum Gasteiger partial charge on any atom is -0.390 e. The average Bonchev–Trinajstić information content (AvgIpc) is 2.68. The van der Waals surface area contributed by atoms with Crippen LogP contribution in [0.2, 0.25) is 5.02 Å². The van der Waals surface area contributed by atoms with Gasteiger partial charge in [-0.05, 0) is 56.7 Å². The van der Waals surface area contributed by atoms with E-state index in [1.165, 1.54) is 24.3 Å². The Morgan fingerprint density at radius 3 is 2.53 bits per heavy atom. The Bertz CT molecular complexity index is 1120. The second kappa shape index (κ2) is 8.77. The molecule has 30 heavy (non-hydrogen) atoms. The van der Waals surface area contributed by atoms with E-state index in [2.05, 4.69) is 10.4 Å². The lowest BCUT2D eigenvalue weighted by molar-refractivity contribution is 0.0692. The normalized spacial score (nSPS) is 11.4. The Labute approximate surface area is 177 Å². The fourth-order valence-corrected chi connectivity index (χ4v) is 2.90. The number of carbonyl (C=O) groups is 1. The molecule has 0 saturated carbocycles. The molecule has 0 unspecified atom stereocenters. The third-order valence-corrected chi connectivity index (χ3v) is 4.62. The molecule has 2 aromatic carbocycles. The van der Waals surface area contributed by atoms with Crippen LogP contribution in [-0.2, 0) is 0 Å². The number of hydrogen-bond acceptors (Lipinski definition) is 4. The Morgan fingerprint density at radius 1 is 1.20 bits per heavy atom. The number of benzene rings is 2. The van der Waals surface area contributed by atoms with Crippen LogP contribution in [0, 0.1) is 5.82 Å². The van der Waals surface area contributed by atoms with E-state index >= 15 is 0 Å². The smallest absolute Gasteiger partial charge is 0.284 e. The van der Waals surface area contributed by atoms with Gasteiger partial charge in [0.1, 0.15) is 11.4 Å². The molecule has 3 rings (SSSR count). The van der Waals surface area contributed by atoms with Crippen molar-refractivity contribution in [1.82, 2.24) is 15.1 Å². The third-order valence-electron chi connectivity index (χ3n) is 4.37. The van der Waals surface area contributed by atoms with Crippen molar-refractivity contribution in [3.63, 3.8) is 0 Å². The Morgan fingerprint density at radius 2 is 1.90 bits per heavy atom. The first-order chi connectivity index (χ1) is 14.1. The molecule has 0 radical (unpaired) electrons. The molecule has 1 amide bonds. The summed E-state index contributed by atoms with van der Waals surface area (Å²) < 4.78 is 14.7. The van der Waals surface area contributed by atoms with Gasteiger partial charge in [-0.1, -0.05) is 29.8 Å². The lowest BCUT2D eigenvalue weighted by Gasteiger charge is -2.17. The summed E-state index contributed by atoms with van der Waals surface area (Å²) in [6.07, 6.45) is 0.311. The molecule has 8 heteroatoms. The highest BCUT2D eigenvalue weighted by atomic mass is 35.5. The number of halogens is 2. The van der Waals surface area contributed by atoms with E-state index in [1.54, 1.807) is 38.1 Å². The van der Waals surface area contributed by atoms with Crippen LogP contribution >= 0.6 is 11.6 Å². The van der Waals surface area contributed by atoms with Crippen LogP contribution in [0.3, 0.4) is 0 Å². The van der Waals surface area contributed by atoms with Crippen LogP contribution in [0.15, 0.2) is 59.4 Å². The van der Waals surface area contributed by atoms with E-state index in [4.69, 9.17) is 11.6 Å². The number of rotatable bonds is 6. The summed E-state index contributed by atoms with van der Waals surface area (Å²) in [6, 6.07) is 13.5. The van der Waals surface area contributed by atoms with Gasteiger partial charge < -0.3 is 10.4 Å². The molecule has 0 aliphatic heterocycles. The van der Waals surface area contributed by atoms with Crippen LogP contribution < -0.4 is 10.9 Å². The van der Waals surface area contributed by atoms with Gasteiger partial charge in [-0.3, -0.25) is 9.59 Å². The quantitative estimate of drug-likeness (QED) is 0.627. The maximum Gasteiger partial charge on any atom is 0.284 e. The van der Waals surface area contributed by atoms with Gasteiger partial charge in [0.05, 0.1) is 17.0 Å². The van der Waals surface area contributed by atoms with E-state index in [-0.39, 0.29) is 17.8 Å². The van der Waals surface area contributed by atoms with Crippen LogP contribution in [0.4, 0.5) is 4.39 Å². The largest absolute Gasteiger partial charge is 0.390 e. The van der Waals surface area contributed by atoms with Gasteiger partial charge in [-0.2, -0.15) is 9.78 Å². The van der Waals surface area contributed by atoms with E-state index in [9.17, 15) is 19.1 Å². The van der Waals surface area contributed by atoms with Crippen molar-refractivity contribution in [1.29, 1.82) is 0 Å². The summed E-state index contributed by atoms with van der Waals surface area (Å²) in [7, 11) is 0. The molecule has 2 N–H and O–H groups in total. The number of aromatic nitrogens is 2. The maximum atomic E-state index is 13.7. The number of amides is 1. The van der Waals surface area contributed by atoms with Gasteiger partial charge >= 0.3 is 0 Å². The van der Waals surface area contributed by atoms with Gasteiger partial charge in [-0.15, -0.1) is 0 Å². The SMILES string of the molecule is CC(C)(O)CCNC(=O)c1cc(-c2ccc(Cl)cc2)nn(-c2cccc(F)c2)c1=O. The average molecular weight is 430 g/mol. The van der Waals surface area contributed by atoms with E-state index in [0.717, 1.165) is 10.7 Å². The molecule has 3 aromatic rings. The molecular weight excluding hydrogens is 409 g/mol. The minimum absolute atomic E-state index is 0.144. The fraction of sp³-hybridized carbons (Fsp3) is 0.227. The van der Waals surface area contributed by atoms with Crippen molar-refractivity contribution in [2.75, 3.05) is 6.54 Å². The number of aliphatic hydroxyl groups is 1. The Hall–Kier alpha value is -3.03. The second-order valence-electron chi connectivity index (χ2n) is 7.47. The van der Waals surface area contributed by atoms with E-state index in [0.29, 0.717) is 22.7 Å². The molecule has 0 atom stereocenters. The highest BCUT2D eigenvalue weighted by Crippen LogP contribution is 2.20. The predicted molar refractivity (Wildman–Crippen MR) is 113 cm³/mol. The number of nitrogens with one attached hydrogen (secondary N) is 1. The number of nitrogens with zero attached hydrogens (tertiary/aromatic N) is 2. The zero-order valence-corrected chi connectivity index (χ0v) is 17.3. The number of hydrogen-bond donors (Lipinski definition) is 2. The molecule has 0 saturated heterocycles. The second-order valence-corrected chi connectivity index (χ2v) is 7.90. The van der Waals surface area contributed by atoms with Crippen molar-refractivity contribution in [2.45, 2.75) is 25.9 Å². The van der Waals surface area contributed by atoms with Crippen LogP contribution in [0.5, 0.6) is 0 Å². The molecule has 156 valence electrons. The third kappa shape index (κ3) is 5.31. The summed E-state index contributed by atoms with van der Waals surface area (Å²) in [6.45, 7) is 3.43. The zero-order valence-electron chi connectivity index (χ0n) is 16.5. The predicted octanol–water partition coefficient (Wildman–Crippen LogP) is 3.58. The fourth-order valence-electron chi connectivity index (χ4n) is 2.78. The zero-order chi connectivity index (χ0) is 21.9. The molecule has 0 aliphatic carbocycles. The molecule has 1 aromatic heterocycles. The van der Waals surface area contributed by atoms with Crippen LogP contribution in [0.25, 0.3) is 16.9 Å². The topological polar surface area (TPSA) is 84.2 Å². The van der Waals surface area contributed by atoms with E-state index in [1.807, 2.05) is 0 Å². The summed E-state index contributed by atoms with van der Waals surface area (Å²) in [5, 5.41) is 17.3. The first kappa shape index (κ1) is 21.7. The monoisotopic (exact) mass is 429 g/mol. The van der Waals surface area contributed by atoms with Crippen molar-refractivity contribution >= 4 is 17.5 Å². The lowest BCUT2D eigenvalue weighted by Crippen LogP contribution is -2.36. The van der Waals surface area contributed by atoms with Crippen LogP contribution in [-0.4, -0.2) is 32.9 Å². The standard InChI is InChI=1S/C22H21ClFN3O3/c1-22(2,30)10-11-25-20(28)18-13-19(14-6-8-15(23)9-7-14)26-27(21(18)29)17-5-3-4-16(24)12-17/h3-9,12-13,30H,10-11H2,1-2H3,(H,25,28). The van der Waals surface area contributed by atoms with Crippen molar-refractivity contribution in [3.8, 4) is 16.9 Å². The Kier molecular flexibility index (Phi) is 6.34. The van der Waals surface area contributed by atoms with Gasteiger partial charge in [-0.25, -0.2) is 4.39 Å². The molecule has 0 aliphatic rings. The number of carbonyl (C=O) groups excluding carboxylic acids is 1. The van der Waals surface area contributed by atoms with Gasteiger partial charge in [0.15, 0.2) is 0 Å². The van der Waals surface area contributed by atoms with Crippen molar-refractivity contribution in [3.05, 3.63) is 81.4 Å². The molecule has 6 nitrogen and oxygen atoms in total. The van der Waals surface area contributed by atoms with E-state index < -0.39 is 22.9 Å². The van der Waals surface area contributed by atoms with Crippen LogP contribution in [0.1, 0.15) is 30.6 Å². The van der Waals surface area contributed by atoms with Crippen molar-refractivity contribution < 1.29 is 14.3 Å². The maximum absolute atomic E-state index is 13.7. The first-order valence-corrected chi connectivity index (χ1v) is 9.69. The summed E-state index contributed by atoms with van der Waals surface area (Å²) in [5.41, 5.74) is -0.601. The summed E-state index contributed by atoms with van der Waals surface area (Å²) in [5.74, 6) is -1.14. The highest BCUT2D eigenvalue weighted by molar-refractivity contribution is 6.30. The molecular formula is C22H21ClFN3O3. The minimum atomic E-state index is -0.957. The lowest BCUT2D eigenvalue weighted by atomic mass is 10.1. The van der Waals surface area contributed by atoms with Gasteiger partial charge in [0.25, 0.3) is 11.5 Å². The first-order valence-electron chi connectivity index (χ1n) is 9.31. The Balaban J connectivity index is 2.07. The highest BCUT2D eigenvalue weighted by Gasteiger charge is 2.19. The van der Waals surface area contributed by atoms with Gasteiger partial charge in [0.2, 0.25) is 0 Å². The molecule has 0 fully saturated rings.